The number of pyridine rings is 2. The fourth-order valence-electron chi connectivity index (χ4n) is 3.93. The number of piperidine rings is 1. The highest BCUT2D eigenvalue weighted by atomic mass is 35.5. The monoisotopic (exact) mass is 486 g/mol. The molecule has 35 heavy (non-hydrogen) atoms. The molecule has 1 aromatic carbocycles. The summed E-state index contributed by atoms with van der Waals surface area (Å²) in [6.45, 7) is 4.80. The second-order valence-corrected chi connectivity index (χ2v) is 8.41. The third kappa shape index (κ3) is 5.48. The van der Waals surface area contributed by atoms with E-state index in [0.717, 1.165) is 12.8 Å². The number of anilines is 1. The first-order valence-electron chi connectivity index (χ1n) is 11.0. The van der Waals surface area contributed by atoms with Gasteiger partial charge < -0.3 is 15.0 Å². The van der Waals surface area contributed by atoms with Crippen LogP contribution in [0.25, 0.3) is 0 Å². The lowest BCUT2D eigenvalue weighted by Gasteiger charge is -2.33. The number of nitrogens with zero attached hydrogens (tertiary/aromatic N) is 4. The number of hydrogen-bond donors (Lipinski definition) is 2. The van der Waals surface area contributed by atoms with Gasteiger partial charge in [-0.3, -0.25) is 20.2 Å². The molecule has 4 rings (SSSR count). The lowest BCUT2D eigenvalue weighted by Crippen LogP contribution is -2.44. The van der Waals surface area contributed by atoms with E-state index in [1.165, 1.54) is 18.5 Å². The number of likely N-dealkylation sites (tertiary alicyclic amines) is 1. The molecule has 1 saturated heterocycles. The molecule has 0 bridgehead atoms. The second-order valence-electron chi connectivity index (χ2n) is 8.00. The molecule has 2 aromatic heterocycles. The van der Waals surface area contributed by atoms with Crippen molar-refractivity contribution in [2.24, 2.45) is 0 Å². The van der Waals surface area contributed by atoms with Crippen LogP contribution in [0.2, 0.25) is 5.02 Å². The van der Waals surface area contributed by atoms with E-state index in [4.69, 9.17) is 21.7 Å². The Balaban J connectivity index is 1.53. The zero-order chi connectivity index (χ0) is 24.8. The molecule has 1 aliphatic heterocycles. The van der Waals surface area contributed by atoms with E-state index in [-0.39, 0.29) is 17.7 Å². The van der Waals surface area contributed by atoms with Gasteiger partial charge in [0.15, 0.2) is 0 Å². The van der Waals surface area contributed by atoms with E-state index >= 15 is 0 Å². The van der Waals surface area contributed by atoms with Gasteiger partial charge in [-0.25, -0.2) is 0 Å². The number of nitrogens with one attached hydrogen (secondary N) is 2. The lowest BCUT2D eigenvalue weighted by molar-refractivity contribution is -0.127. The molecule has 1 fully saturated rings. The van der Waals surface area contributed by atoms with Crippen molar-refractivity contribution in [3.63, 3.8) is 0 Å². The summed E-state index contributed by atoms with van der Waals surface area (Å²) in [5.74, 6) is 0.842. The normalized spacial score (nSPS) is 15.1. The maximum Gasteiger partial charge on any atom is 0.246 e. The van der Waals surface area contributed by atoms with Gasteiger partial charge >= 0.3 is 0 Å². The summed E-state index contributed by atoms with van der Waals surface area (Å²) in [4.78, 5) is 21.9. The van der Waals surface area contributed by atoms with E-state index in [0.29, 0.717) is 52.0 Å². The van der Waals surface area contributed by atoms with Gasteiger partial charge in [0, 0.05) is 61.1 Å². The van der Waals surface area contributed by atoms with Crippen molar-refractivity contribution in [1.29, 1.82) is 10.7 Å². The van der Waals surface area contributed by atoms with Crippen LogP contribution in [0.1, 0.15) is 29.5 Å². The summed E-state index contributed by atoms with van der Waals surface area (Å²) >= 11 is 6.48. The smallest absolute Gasteiger partial charge is 0.246 e. The zero-order valence-electron chi connectivity index (χ0n) is 18.9. The molecule has 0 radical (unpaired) electrons. The highest BCUT2D eigenvalue weighted by molar-refractivity contribution is 6.34. The molecule has 1 atom stereocenters. The maximum absolute atomic E-state index is 12.1. The fraction of sp³-hybridized carbons (Fsp3) is 0.192. The van der Waals surface area contributed by atoms with Crippen LogP contribution < -0.4 is 10.1 Å². The zero-order valence-corrected chi connectivity index (χ0v) is 19.6. The Hall–Kier alpha value is -4.22. The van der Waals surface area contributed by atoms with Gasteiger partial charge in [0.1, 0.15) is 23.1 Å². The fourth-order valence-corrected chi connectivity index (χ4v) is 4.14. The standard InChI is InChI=1S/C26H23ClN6O2/c1-2-24(34)33-11-3-4-19(16-33)32-26-21(14-31-15-22(26)27)25(29)17-5-7-20(8-6-17)35-23-9-10-30-13-18(23)12-28/h2,5-10,13-15,19,29H,1,3-4,11,16H2,(H,31,32)/t19-/m1/s1. The van der Waals surface area contributed by atoms with E-state index in [9.17, 15) is 10.1 Å². The Morgan fingerprint density at radius 2 is 2.06 bits per heavy atom. The minimum atomic E-state index is -0.0961. The first-order chi connectivity index (χ1) is 17.0. The quantitative estimate of drug-likeness (QED) is 0.366. The SMILES string of the molecule is C=CC(=O)N1CCC[C@@H](Nc2c(Cl)cncc2C(=N)c2ccc(Oc3ccncc3C#N)cc2)C1. The van der Waals surface area contributed by atoms with Crippen LogP contribution in [0.5, 0.6) is 11.5 Å². The molecular weight excluding hydrogens is 464 g/mol. The first kappa shape index (κ1) is 23.9. The van der Waals surface area contributed by atoms with E-state index in [1.54, 1.807) is 47.6 Å². The van der Waals surface area contributed by atoms with E-state index in [2.05, 4.69) is 21.9 Å². The molecule has 176 valence electrons. The number of carbonyl (C=O) groups excluding carboxylic acids is 1. The third-order valence-electron chi connectivity index (χ3n) is 5.70. The van der Waals surface area contributed by atoms with Gasteiger partial charge in [-0.2, -0.15) is 5.26 Å². The van der Waals surface area contributed by atoms with Crippen molar-refractivity contribution in [1.82, 2.24) is 14.9 Å². The molecule has 0 aliphatic carbocycles. The minimum absolute atomic E-state index is 0.00966. The van der Waals surface area contributed by atoms with E-state index in [1.807, 2.05) is 6.07 Å². The summed E-state index contributed by atoms with van der Waals surface area (Å²) in [6, 6.07) is 10.7. The molecule has 3 aromatic rings. The molecule has 9 heteroatoms. The molecule has 0 unspecified atom stereocenters. The van der Waals surface area contributed by atoms with Crippen LogP contribution in [-0.2, 0) is 4.79 Å². The third-order valence-corrected chi connectivity index (χ3v) is 5.98. The Kier molecular flexibility index (Phi) is 7.38. The predicted octanol–water partition coefficient (Wildman–Crippen LogP) is 4.80. The van der Waals surface area contributed by atoms with Crippen LogP contribution in [0, 0.1) is 16.7 Å². The largest absolute Gasteiger partial charge is 0.456 e. The Labute approximate surface area is 208 Å². The molecule has 1 amide bonds. The number of nitriles is 1. The predicted molar refractivity (Wildman–Crippen MR) is 134 cm³/mol. The number of halogens is 1. The van der Waals surface area contributed by atoms with Crippen LogP contribution >= 0.6 is 11.6 Å². The average Bonchev–Trinajstić information content (AvgIpc) is 2.90. The molecular formula is C26H23ClN6O2. The average molecular weight is 487 g/mol. The van der Waals surface area contributed by atoms with Crippen LogP contribution in [-0.4, -0.2) is 45.6 Å². The first-order valence-corrected chi connectivity index (χ1v) is 11.4. The molecule has 0 spiro atoms. The molecule has 0 saturated carbocycles. The highest BCUT2D eigenvalue weighted by Crippen LogP contribution is 2.30. The maximum atomic E-state index is 12.1. The number of amides is 1. The van der Waals surface area contributed by atoms with Crippen molar-refractivity contribution in [3.8, 4) is 17.6 Å². The number of rotatable bonds is 7. The highest BCUT2D eigenvalue weighted by Gasteiger charge is 2.24. The van der Waals surface area contributed by atoms with Crippen molar-refractivity contribution in [3.05, 3.63) is 89.5 Å². The van der Waals surface area contributed by atoms with E-state index < -0.39 is 0 Å². The second kappa shape index (κ2) is 10.8. The Morgan fingerprint density at radius 3 is 2.80 bits per heavy atom. The topological polar surface area (TPSA) is 115 Å². The molecule has 2 N–H and O–H groups in total. The van der Waals surface area contributed by atoms with Gasteiger partial charge in [0.05, 0.1) is 16.4 Å². The van der Waals surface area contributed by atoms with Crippen LogP contribution in [0.3, 0.4) is 0 Å². The van der Waals surface area contributed by atoms with Crippen molar-refractivity contribution < 1.29 is 9.53 Å². The van der Waals surface area contributed by atoms with Gasteiger partial charge in [0.25, 0.3) is 0 Å². The van der Waals surface area contributed by atoms with Gasteiger partial charge in [-0.1, -0.05) is 18.2 Å². The molecule has 8 nitrogen and oxygen atoms in total. The summed E-state index contributed by atoms with van der Waals surface area (Å²) in [7, 11) is 0. The van der Waals surface area contributed by atoms with Crippen LogP contribution in [0.4, 0.5) is 5.69 Å². The molecule has 1 aliphatic rings. The number of benzene rings is 1. The Bertz CT molecular complexity index is 1300. The molecule has 3 heterocycles. The minimum Gasteiger partial charge on any atom is -0.456 e. The number of hydrogen-bond acceptors (Lipinski definition) is 7. The number of carbonyl (C=O) groups is 1. The van der Waals surface area contributed by atoms with Crippen molar-refractivity contribution >= 4 is 28.9 Å². The van der Waals surface area contributed by atoms with Crippen LogP contribution in [0.15, 0.2) is 67.8 Å². The lowest BCUT2D eigenvalue weighted by atomic mass is 10.0. The summed E-state index contributed by atoms with van der Waals surface area (Å²) in [5.41, 5.74) is 2.39. The summed E-state index contributed by atoms with van der Waals surface area (Å²) in [6.07, 6.45) is 9.20. The van der Waals surface area contributed by atoms with Gasteiger partial charge in [-0.05, 0) is 43.2 Å². The number of aromatic nitrogens is 2. The summed E-state index contributed by atoms with van der Waals surface area (Å²) < 4.78 is 5.80. The Morgan fingerprint density at radius 1 is 1.26 bits per heavy atom. The summed E-state index contributed by atoms with van der Waals surface area (Å²) in [5, 5.41) is 21.9. The number of ether oxygens (including phenoxy) is 1. The van der Waals surface area contributed by atoms with Crippen molar-refractivity contribution in [2.75, 3.05) is 18.4 Å². The van der Waals surface area contributed by atoms with Gasteiger partial charge in [0.2, 0.25) is 5.91 Å². The van der Waals surface area contributed by atoms with Gasteiger partial charge in [-0.15, -0.1) is 0 Å². The van der Waals surface area contributed by atoms with Crippen molar-refractivity contribution in [2.45, 2.75) is 18.9 Å².